The lowest BCUT2D eigenvalue weighted by Crippen LogP contribution is -2.38. The van der Waals surface area contributed by atoms with Gasteiger partial charge in [-0.05, 0) is 32.3 Å². The second kappa shape index (κ2) is 5.65. The van der Waals surface area contributed by atoms with Crippen molar-refractivity contribution in [2.45, 2.75) is 57.7 Å². The number of nitrogens with one attached hydrogen (secondary N) is 1. The third-order valence-corrected chi connectivity index (χ3v) is 3.75. The van der Waals surface area contributed by atoms with Crippen LogP contribution in [0, 0.1) is 6.92 Å². The summed E-state index contributed by atoms with van der Waals surface area (Å²) in [7, 11) is 0. The fraction of sp³-hybridized carbons (Fsp3) is 0.600. The van der Waals surface area contributed by atoms with Crippen LogP contribution in [-0.4, -0.2) is 17.2 Å². The average molecular weight is 233 g/mol. The third kappa shape index (κ3) is 3.30. The van der Waals surface area contributed by atoms with Crippen LogP contribution in [0.4, 0.5) is 0 Å². The molecule has 0 spiro atoms. The molecule has 2 heteroatoms. The number of aliphatic hydroxyl groups is 1. The summed E-state index contributed by atoms with van der Waals surface area (Å²) >= 11 is 0. The lowest BCUT2D eigenvalue weighted by molar-refractivity contribution is 0.129. The molecule has 2 atom stereocenters. The summed E-state index contributed by atoms with van der Waals surface area (Å²) in [6.07, 6.45) is 4.75. The number of aliphatic hydroxyl groups excluding tert-OH is 1. The fourth-order valence-corrected chi connectivity index (χ4v) is 2.61. The first-order chi connectivity index (χ1) is 8.16. The molecule has 94 valence electrons. The van der Waals surface area contributed by atoms with Crippen molar-refractivity contribution >= 4 is 0 Å². The maximum Gasteiger partial charge on any atom is 0.0940 e. The number of hydrogen-bond acceptors (Lipinski definition) is 2. The Balaban J connectivity index is 1.93. The third-order valence-electron chi connectivity index (χ3n) is 3.75. The van der Waals surface area contributed by atoms with Crippen molar-refractivity contribution in [2.24, 2.45) is 0 Å². The Kier molecular flexibility index (Phi) is 4.19. The molecule has 1 aliphatic rings. The molecule has 0 heterocycles. The average Bonchev–Trinajstić information content (AvgIpc) is 2.82. The van der Waals surface area contributed by atoms with Crippen LogP contribution < -0.4 is 5.32 Å². The molecule has 2 nitrogen and oxygen atoms in total. The van der Waals surface area contributed by atoms with Crippen molar-refractivity contribution < 1.29 is 5.11 Å². The van der Waals surface area contributed by atoms with Gasteiger partial charge >= 0.3 is 0 Å². The van der Waals surface area contributed by atoms with Crippen molar-refractivity contribution in [3.63, 3.8) is 0 Å². The summed E-state index contributed by atoms with van der Waals surface area (Å²) in [6, 6.07) is 8.88. The molecule has 1 aromatic carbocycles. The lowest BCUT2D eigenvalue weighted by atomic mass is 10.0. The molecule has 2 unspecified atom stereocenters. The molecule has 1 aliphatic carbocycles. The van der Waals surface area contributed by atoms with Gasteiger partial charge in [0.25, 0.3) is 0 Å². The van der Waals surface area contributed by atoms with Crippen molar-refractivity contribution in [3.05, 3.63) is 35.4 Å². The van der Waals surface area contributed by atoms with E-state index in [9.17, 15) is 5.11 Å². The maximum atomic E-state index is 10.3. The molecule has 0 aliphatic heterocycles. The highest BCUT2D eigenvalue weighted by molar-refractivity contribution is 5.23. The van der Waals surface area contributed by atoms with E-state index < -0.39 is 6.10 Å². The normalized spacial score (nSPS) is 20.4. The first-order valence-electron chi connectivity index (χ1n) is 6.67. The molecule has 0 bridgehead atoms. The quantitative estimate of drug-likeness (QED) is 0.838. The van der Waals surface area contributed by atoms with E-state index in [1.165, 1.54) is 31.2 Å². The first kappa shape index (κ1) is 12.6. The summed E-state index contributed by atoms with van der Waals surface area (Å²) in [4.78, 5) is 0. The molecule has 2 rings (SSSR count). The number of hydrogen-bond donors (Lipinski definition) is 2. The predicted molar refractivity (Wildman–Crippen MR) is 71.0 cm³/mol. The first-order valence-corrected chi connectivity index (χ1v) is 6.67. The smallest absolute Gasteiger partial charge is 0.0940 e. The van der Waals surface area contributed by atoms with E-state index in [1.54, 1.807) is 0 Å². The Morgan fingerprint density at radius 1 is 1.18 bits per heavy atom. The molecule has 1 aromatic rings. The Bertz CT molecular complexity index is 340. The molecule has 1 saturated carbocycles. The zero-order valence-corrected chi connectivity index (χ0v) is 10.8. The van der Waals surface area contributed by atoms with Crippen LogP contribution in [0.25, 0.3) is 0 Å². The van der Waals surface area contributed by atoms with Gasteiger partial charge in [-0.25, -0.2) is 0 Å². The highest BCUT2D eigenvalue weighted by Crippen LogP contribution is 2.22. The van der Waals surface area contributed by atoms with Gasteiger partial charge in [0.15, 0.2) is 0 Å². The minimum absolute atomic E-state index is 0.126. The summed E-state index contributed by atoms with van der Waals surface area (Å²) in [5.41, 5.74) is 2.24. The van der Waals surface area contributed by atoms with Gasteiger partial charge in [0.1, 0.15) is 0 Å². The van der Waals surface area contributed by atoms with Gasteiger partial charge in [-0.2, -0.15) is 0 Å². The molecular weight excluding hydrogens is 210 g/mol. The molecule has 17 heavy (non-hydrogen) atoms. The van der Waals surface area contributed by atoms with Gasteiger partial charge in [0.2, 0.25) is 0 Å². The SMILES string of the molecule is Cc1ccc(C(O)C(C)NC2CCCC2)cc1. The van der Waals surface area contributed by atoms with Gasteiger partial charge in [0.05, 0.1) is 6.10 Å². The highest BCUT2D eigenvalue weighted by atomic mass is 16.3. The maximum absolute atomic E-state index is 10.3. The zero-order valence-electron chi connectivity index (χ0n) is 10.8. The van der Waals surface area contributed by atoms with Crippen LogP contribution in [0.3, 0.4) is 0 Å². The second-order valence-corrected chi connectivity index (χ2v) is 5.29. The van der Waals surface area contributed by atoms with E-state index in [0.29, 0.717) is 6.04 Å². The van der Waals surface area contributed by atoms with E-state index >= 15 is 0 Å². The van der Waals surface area contributed by atoms with Crippen LogP contribution in [0.15, 0.2) is 24.3 Å². The molecule has 1 fully saturated rings. The summed E-state index contributed by atoms with van der Waals surface area (Å²) < 4.78 is 0. The minimum Gasteiger partial charge on any atom is -0.387 e. The minimum atomic E-state index is -0.406. The van der Waals surface area contributed by atoms with Gasteiger partial charge in [-0.1, -0.05) is 42.7 Å². The van der Waals surface area contributed by atoms with Crippen molar-refractivity contribution in [1.82, 2.24) is 5.32 Å². The fourth-order valence-electron chi connectivity index (χ4n) is 2.61. The van der Waals surface area contributed by atoms with Crippen molar-refractivity contribution in [1.29, 1.82) is 0 Å². The van der Waals surface area contributed by atoms with Gasteiger partial charge < -0.3 is 10.4 Å². The molecular formula is C15H23NO. The van der Waals surface area contributed by atoms with Crippen LogP contribution in [0.2, 0.25) is 0 Å². The Morgan fingerprint density at radius 2 is 1.76 bits per heavy atom. The number of benzene rings is 1. The standard InChI is InChI=1S/C15H23NO/c1-11-7-9-13(10-8-11)15(17)12(2)16-14-5-3-4-6-14/h7-10,12,14-17H,3-6H2,1-2H3. The lowest BCUT2D eigenvalue weighted by Gasteiger charge is -2.24. The topological polar surface area (TPSA) is 32.3 Å². The van der Waals surface area contributed by atoms with Crippen LogP contribution in [0.5, 0.6) is 0 Å². The highest BCUT2D eigenvalue weighted by Gasteiger charge is 2.21. The Hall–Kier alpha value is -0.860. The van der Waals surface area contributed by atoms with Crippen LogP contribution in [0.1, 0.15) is 49.8 Å². The van der Waals surface area contributed by atoms with Gasteiger partial charge in [-0.15, -0.1) is 0 Å². The van der Waals surface area contributed by atoms with E-state index in [-0.39, 0.29) is 6.04 Å². The Labute approximate surface area is 104 Å². The van der Waals surface area contributed by atoms with Crippen LogP contribution >= 0.6 is 0 Å². The van der Waals surface area contributed by atoms with E-state index in [0.717, 1.165) is 5.56 Å². The summed E-state index contributed by atoms with van der Waals surface area (Å²) in [5.74, 6) is 0. The van der Waals surface area contributed by atoms with Crippen molar-refractivity contribution in [3.8, 4) is 0 Å². The van der Waals surface area contributed by atoms with Crippen LogP contribution in [-0.2, 0) is 0 Å². The zero-order chi connectivity index (χ0) is 12.3. The molecule has 0 aromatic heterocycles. The molecule has 0 radical (unpaired) electrons. The number of rotatable bonds is 4. The Morgan fingerprint density at radius 3 is 2.35 bits per heavy atom. The van der Waals surface area contributed by atoms with Crippen molar-refractivity contribution in [2.75, 3.05) is 0 Å². The van der Waals surface area contributed by atoms with Gasteiger partial charge in [0, 0.05) is 12.1 Å². The summed E-state index contributed by atoms with van der Waals surface area (Å²) in [5, 5.41) is 13.8. The van der Waals surface area contributed by atoms with E-state index in [1.807, 2.05) is 12.1 Å². The second-order valence-electron chi connectivity index (χ2n) is 5.29. The molecule has 2 N–H and O–H groups in total. The largest absolute Gasteiger partial charge is 0.387 e. The van der Waals surface area contributed by atoms with E-state index in [2.05, 4.69) is 31.3 Å². The van der Waals surface area contributed by atoms with Gasteiger partial charge in [-0.3, -0.25) is 0 Å². The predicted octanol–water partition coefficient (Wildman–Crippen LogP) is 2.95. The molecule has 0 saturated heterocycles. The monoisotopic (exact) mass is 233 g/mol. The summed E-state index contributed by atoms with van der Waals surface area (Å²) in [6.45, 7) is 4.14. The molecule has 0 amide bonds. The number of aryl methyl sites for hydroxylation is 1. The van der Waals surface area contributed by atoms with E-state index in [4.69, 9.17) is 0 Å².